The number of thiazole rings is 1. The van der Waals surface area contributed by atoms with Crippen LogP contribution in [0.25, 0.3) is 21.8 Å². The first-order valence-electron chi connectivity index (χ1n) is 9.69. The van der Waals surface area contributed by atoms with Gasteiger partial charge in [0.2, 0.25) is 10.0 Å². The van der Waals surface area contributed by atoms with Gasteiger partial charge in [-0.1, -0.05) is 36.4 Å². The molecule has 0 aliphatic heterocycles. The van der Waals surface area contributed by atoms with Crippen molar-refractivity contribution in [3.05, 3.63) is 89.3 Å². The number of halogens is 3. The van der Waals surface area contributed by atoms with Gasteiger partial charge in [0.05, 0.1) is 21.7 Å². The summed E-state index contributed by atoms with van der Waals surface area (Å²) in [5.41, 5.74) is 1.56. The molecule has 11 heteroatoms. The van der Waals surface area contributed by atoms with Gasteiger partial charge in [0, 0.05) is 22.2 Å². The highest BCUT2D eigenvalue weighted by Gasteiger charge is 2.30. The van der Waals surface area contributed by atoms with Crippen LogP contribution < -0.4 is 10.5 Å². The number of hydrogen-bond acceptors (Lipinski definition) is 5. The number of hydrogen-bond donors (Lipinski definition) is 2. The molecule has 4 aromatic rings. The number of benzene rings is 3. The van der Waals surface area contributed by atoms with E-state index in [2.05, 4.69) is 10.3 Å². The summed E-state index contributed by atoms with van der Waals surface area (Å²) in [6.45, 7) is 0. The summed E-state index contributed by atoms with van der Waals surface area (Å²) in [4.78, 5) is 16.8. The molecule has 0 bridgehead atoms. The van der Waals surface area contributed by atoms with Crippen molar-refractivity contribution in [1.82, 2.24) is 4.98 Å². The monoisotopic (exact) mass is 503 g/mol. The Bertz CT molecular complexity index is 1450. The van der Waals surface area contributed by atoms with Crippen molar-refractivity contribution in [3.8, 4) is 21.8 Å². The van der Waals surface area contributed by atoms with Gasteiger partial charge in [-0.25, -0.2) is 18.5 Å². The third kappa shape index (κ3) is 5.16. The third-order valence-corrected chi connectivity index (χ3v) is 6.70. The number of nitrogens with one attached hydrogen (secondary N) is 1. The average molecular weight is 504 g/mol. The van der Waals surface area contributed by atoms with Gasteiger partial charge in [-0.15, -0.1) is 11.3 Å². The maximum atomic E-state index is 12.8. The zero-order valence-electron chi connectivity index (χ0n) is 17.2. The molecule has 0 saturated carbocycles. The maximum Gasteiger partial charge on any atom is 0.416 e. The van der Waals surface area contributed by atoms with Crippen LogP contribution in [0.3, 0.4) is 0 Å². The molecule has 1 heterocycles. The molecule has 3 N–H and O–H groups in total. The molecule has 0 aliphatic rings. The summed E-state index contributed by atoms with van der Waals surface area (Å²) in [6.07, 6.45) is -4.40. The Kier molecular flexibility index (Phi) is 6.26. The minimum absolute atomic E-state index is 0.0743. The van der Waals surface area contributed by atoms with Crippen molar-refractivity contribution < 1.29 is 26.4 Å². The van der Waals surface area contributed by atoms with Gasteiger partial charge in [-0.3, -0.25) is 4.79 Å². The smallest absolute Gasteiger partial charge is 0.322 e. The van der Waals surface area contributed by atoms with Gasteiger partial charge >= 0.3 is 6.18 Å². The molecule has 0 aliphatic carbocycles. The molecule has 6 nitrogen and oxygen atoms in total. The van der Waals surface area contributed by atoms with Crippen LogP contribution in [-0.2, 0) is 16.2 Å². The number of amides is 1. The normalized spacial score (nSPS) is 11.9. The van der Waals surface area contributed by atoms with Crippen molar-refractivity contribution in [2.75, 3.05) is 5.32 Å². The highest BCUT2D eigenvalue weighted by molar-refractivity contribution is 7.89. The minimum Gasteiger partial charge on any atom is -0.322 e. The van der Waals surface area contributed by atoms with Crippen molar-refractivity contribution in [2.45, 2.75) is 11.1 Å². The zero-order chi connectivity index (χ0) is 24.5. The van der Waals surface area contributed by atoms with E-state index in [-0.39, 0.29) is 10.5 Å². The molecular formula is C23H16F3N3O3S2. The van der Waals surface area contributed by atoms with E-state index in [0.29, 0.717) is 22.0 Å². The van der Waals surface area contributed by atoms with E-state index < -0.39 is 27.7 Å². The van der Waals surface area contributed by atoms with E-state index in [1.165, 1.54) is 47.7 Å². The first-order chi connectivity index (χ1) is 16.0. The Hall–Kier alpha value is -3.54. The number of nitrogens with two attached hydrogens (primary N) is 1. The molecule has 0 unspecified atom stereocenters. The fourth-order valence-corrected chi connectivity index (χ4v) is 4.74. The van der Waals surface area contributed by atoms with Gasteiger partial charge in [0.1, 0.15) is 5.01 Å². The predicted molar refractivity (Wildman–Crippen MR) is 124 cm³/mol. The van der Waals surface area contributed by atoms with Gasteiger partial charge in [-0.05, 0) is 36.4 Å². The number of nitrogens with zero attached hydrogens (tertiary/aromatic N) is 1. The Morgan fingerprint density at radius 1 is 0.912 bits per heavy atom. The number of aromatic nitrogens is 1. The number of carbonyl (C=O) groups is 1. The average Bonchev–Trinajstić information content (AvgIpc) is 3.29. The lowest BCUT2D eigenvalue weighted by Crippen LogP contribution is -2.20. The molecule has 34 heavy (non-hydrogen) atoms. The number of rotatable bonds is 5. The largest absolute Gasteiger partial charge is 0.416 e. The van der Waals surface area contributed by atoms with Gasteiger partial charge < -0.3 is 5.32 Å². The molecule has 0 saturated heterocycles. The summed E-state index contributed by atoms with van der Waals surface area (Å²) < 4.78 is 61.7. The number of primary sulfonamides is 1. The van der Waals surface area contributed by atoms with Gasteiger partial charge in [0.25, 0.3) is 5.91 Å². The summed E-state index contributed by atoms with van der Waals surface area (Å²) in [5, 5.41) is 10.2. The van der Waals surface area contributed by atoms with Crippen molar-refractivity contribution in [3.63, 3.8) is 0 Å². The van der Waals surface area contributed by atoms with E-state index in [0.717, 1.165) is 17.7 Å². The first-order valence-corrected chi connectivity index (χ1v) is 12.1. The van der Waals surface area contributed by atoms with Crippen LogP contribution in [0.4, 0.5) is 18.9 Å². The molecule has 174 valence electrons. The minimum atomic E-state index is -4.40. The molecule has 0 atom stereocenters. The Balaban J connectivity index is 1.50. The van der Waals surface area contributed by atoms with E-state index in [1.807, 2.05) is 0 Å². The lowest BCUT2D eigenvalue weighted by Gasteiger charge is -2.09. The quantitative estimate of drug-likeness (QED) is 0.381. The topological polar surface area (TPSA) is 102 Å². The molecule has 1 amide bonds. The molecule has 1 aromatic heterocycles. The van der Waals surface area contributed by atoms with E-state index in [1.54, 1.807) is 29.6 Å². The lowest BCUT2D eigenvalue weighted by molar-refractivity contribution is -0.137. The third-order valence-electron chi connectivity index (χ3n) is 4.84. The number of sulfonamides is 1. The van der Waals surface area contributed by atoms with Crippen LogP contribution in [0, 0.1) is 0 Å². The van der Waals surface area contributed by atoms with Crippen molar-refractivity contribution in [1.29, 1.82) is 0 Å². The predicted octanol–water partition coefficient (Wildman–Crippen LogP) is 5.40. The standard InChI is InChI=1S/C23H16F3N3O3S2/c24-23(25,26)16-9-5-15(6-10-16)22-29-19(13-33-22)14-7-11-17(12-8-14)28-21(30)18-3-1-2-4-20(18)34(27,31)32/h1-13H,(H,28,30)(H2,27,31,32). The van der Waals surface area contributed by atoms with Crippen molar-refractivity contribution in [2.24, 2.45) is 5.14 Å². The van der Waals surface area contributed by atoms with Crippen LogP contribution in [-0.4, -0.2) is 19.3 Å². The Morgan fingerprint density at radius 3 is 2.15 bits per heavy atom. The van der Waals surface area contributed by atoms with Crippen LogP contribution in [0.2, 0.25) is 0 Å². The highest BCUT2D eigenvalue weighted by atomic mass is 32.2. The molecule has 3 aromatic carbocycles. The molecular weight excluding hydrogens is 487 g/mol. The number of anilines is 1. The van der Waals surface area contributed by atoms with Crippen LogP contribution in [0.15, 0.2) is 83.1 Å². The molecule has 0 fully saturated rings. The molecule has 0 spiro atoms. The molecule has 0 radical (unpaired) electrons. The zero-order valence-corrected chi connectivity index (χ0v) is 18.8. The van der Waals surface area contributed by atoms with Gasteiger partial charge in [0.15, 0.2) is 0 Å². The fraction of sp³-hybridized carbons (Fsp3) is 0.0435. The first kappa shape index (κ1) is 23.6. The molecule has 4 rings (SSSR count). The number of alkyl halides is 3. The van der Waals surface area contributed by atoms with Crippen molar-refractivity contribution >= 4 is 33.0 Å². The van der Waals surface area contributed by atoms with E-state index >= 15 is 0 Å². The summed E-state index contributed by atoms with van der Waals surface area (Å²) in [6, 6.07) is 17.1. The summed E-state index contributed by atoms with van der Waals surface area (Å²) >= 11 is 1.30. The van der Waals surface area contributed by atoms with Crippen LogP contribution in [0.1, 0.15) is 15.9 Å². The summed E-state index contributed by atoms with van der Waals surface area (Å²) in [7, 11) is -4.07. The SMILES string of the molecule is NS(=O)(=O)c1ccccc1C(=O)Nc1ccc(-c2csc(-c3ccc(C(F)(F)F)cc3)n2)cc1. The maximum absolute atomic E-state index is 12.8. The van der Waals surface area contributed by atoms with Gasteiger partial charge in [-0.2, -0.15) is 13.2 Å². The van der Waals surface area contributed by atoms with E-state index in [4.69, 9.17) is 5.14 Å². The Labute approximate surface area is 197 Å². The summed E-state index contributed by atoms with van der Waals surface area (Å²) in [5.74, 6) is -0.629. The number of carbonyl (C=O) groups excluding carboxylic acids is 1. The van der Waals surface area contributed by atoms with Crippen LogP contribution >= 0.6 is 11.3 Å². The van der Waals surface area contributed by atoms with E-state index in [9.17, 15) is 26.4 Å². The fourth-order valence-electron chi connectivity index (χ4n) is 3.17. The second-order valence-electron chi connectivity index (χ2n) is 7.19. The second kappa shape index (κ2) is 9.01. The van der Waals surface area contributed by atoms with Crippen LogP contribution in [0.5, 0.6) is 0 Å². The lowest BCUT2D eigenvalue weighted by atomic mass is 10.1. The Morgan fingerprint density at radius 2 is 1.53 bits per heavy atom. The second-order valence-corrected chi connectivity index (χ2v) is 9.57. The highest BCUT2D eigenvalue weighted by Crippen LogP contribution is 2.33.